The third-order valence-corrected chi connectivity index (χ3v) is 8.09. The van der Waals surface area contributed by atoms with Crippen molar-refractivity contribution in [2.24, 2.45) is 0 Å². The van der Waals surface area contributed by atoms with Crippen molar-refractivity contribution in [3.63, 3.8) is 0 Å². The number of amidine groups is 1. The minimum atomic E-state index is -0.495. The van der Waals surface area contributed by atoms with Gasteiger partial charge < -0.3 is 19.7 Å². The molecule has 1 aromatic carbocycles. The topological polar surface area (TPSA) is 87.9 Å². The van der Waals surface area contributed by atoms with Crippen molar-refractivity contribution >= 4 is 59.0 Å². The quantitative estimate of drug-likeness (QED) is 0.183. The third kappa shape index (κ3) is 7.66. The Labute approximate surface area is 227 Å². The highest BCUT2D eigenvalue weighted by Gasteiger charge is 2.33. The number of aliphatic hydroxyl groups excluding tert-OH is 1. The number of hydrogen-bond acceptors (Lipinski definition) is 7. The molecular weight excluding hydrogens is 516 g/mol. The van der Waals surface area contributed by atoms with Gasteiger partial charge in [0.1, 0.15) is 18.2 Å². The number of aliphatic hydroxyl groups is 1. The molecular formula is C26H35ClN4O3S2. The molecule has 1 aromatic heterocycles. The summed E-state index contributed by atoms with van der Waals surface area (Å²) in [4.78, 5) is 29.4. The molecule has 0 bridgehead atoms. The van der Waals surface area contributed by atoms with E-state index < -0.39 is 6.04 Å². The van der Waals surface area contributed by atoms with Crippen molar-refractivity contribution in [2.45, 2.75) is 42.4 Å². The molecule has 1 amide bonds. The van der Waals surface area contributed by atoms with E-state index in [-0.39, 0.29) is 17.8 Å². The van der Waals surface area contributed by atoms with Crippen LogP contribution in [0.5, 0.6) is 0 Å². The lowest BCUT2D eigenvalue weighted by atomic mass is 10.1. The van der Waals surface area contributed by atoms with Crippen LogP contribution in [0.15, 0.2) is 40.6 Å². The summed E-state index contributed by atoms with van der Waals surface area (Å²) in [6, 6.07) is 9.22. The molecule has 2 N–H and O–H groups in total. The summed E-state index contributed by atoms with van der Waals surface area (Å²) in [6.07, 6.45) is 5.75. The summed E-state index contributed by atoms with van der Waals surface area (Å²) >= 11 is 9.47. The summed E-state index contributed by atoms with van der Waals surface area (Å²) in [5.74, 6) is 0.365. The van der Waals surface area contributed by atoms with Crippen molar-refractivity contribution in [1.29, 1.82) is 5.41 Å². The summed E-state index contributed by atoms with van der Waals surface area (Å²) in [6.45, 7) is 5.13. The van der Waals surface area contributed by atoms with Gasteiger partial charge in [0.25, 0.3) is 0 Å². The van der Waals surface area contributed by atoms with E-state index in [0.29, 0.717) is 18.9 Å². The standard InChI is InChI=1S/C23H25ClN4O2S2.C2H6.CH4O/c1-26(2)23(25)16-5-3-15(4-6-16)11-28-19(14-29)12-27(13-21(28)30)32-22-9-17-7-8-18(24)10-20(17)31-22;2*1-2/h3-9,14,18-19,25H,10-13H2,1-2H3;1-2H3;2H,1H3. The summed E-state index contributed by atoms with van der Waals surface area (Å²) in [5, 5.41) is 15.1. The van der Waals surface area contributed by atoms with Crippen LogP contribution >= 0.6 is 34.9 Å². The molecule has 0 saturated carbocycles. The Morgan fingerprint density at radius 3 is 2.56 bits per heavy atom. The first-order valence-corrected chi connectivity index (χ1v) is 13.8. The maximum absolute atomic E-state index is 12.9. The van der Waals surface area contributed by atoms with Gasteiger partial charge in [0.15, 0.2) is 0 Å². The fraction of sp³-hybridized carbons (Fsp3) is 0.423. The third-order valence-electron chi connectivity index (χ3n) is 5.51. The number of benzene rings is 1. The SMILES string of the molecule is CC.CN(C)C(=N)c1ccc(CN2C(=O)CN(Sc3cc4c(s3)CC(Cl)C=C4)CC2C=O)cc1.CO. The Kier molecular flexibility index (Phi) is 12.1. The maximum Gasteiger partial charge on any atom is 0.238 e. The first-order chi connectivity index (χ1) is 17.3. The van der Waals surface area contributed by atoms with E-state index in [1.54, 1.807) is 21.1 Å². The average Bonchev–Trinajstić information content (AvgIpc) is 3.29. The number of nitrogens with one attached hydrogen (secondary N) is 1. The van der Waals surface area contributed by atoms with E-state index >= 15 is 0 Å². The van der Waals surface area contributed by atoms with Crippen molar-refractivity contribution in [1.82, 2.24) is 14.1 Å². The normalized spacial score (nSPS) is 18.9. The van der Waals surface area contributed by atoms with Crippen molar-refractivity contribution in [3.05, 3.63) is 58.0 Å². The van der Waals surface area contributed by atoms with Crippen LogP contribution in [0.4, 0.5) is 0 Å². The lowest BCUT2D eigenvalue weighted by molar-refractivity contribution is -0.141. The van der Waals surface area contributed by atoms with Gasteiger partial charge in [-0.15, -0.1) is 22.9 Å². The average molecular weight is 551 g/mol. The lowest BCUT2D eigenvalue weighted by Gasteiger charge is -2.37. The van der Waals surface area contributed by atoms with Crippen LogP contribution in [0.3, 0.4) is 0 Å². The van der Waals surface area contributed by atoms with Gasteiger partial charge in [0.05, 0.1) is 16.1 Å². The van der Waals surface area contributed by atoms with Crippen LogP contribution in [0, 0.1) is 5.41 Å². The molecule has 10 heteroatoms. The number of carbonyl (C=O) groups is 2. The number of alkyl halides is 1. The minimum Gasteiger partial charge on any atom is -0.400 e. The summed E-state index contributed by atoms with van der Waals surface area (Å²) < 4.78 is 3.08. The molecule has 2 atom stereocenters. The van der Waals surface area contributed by atoms with Gasteiger partial charge in [0, 0.05) is 51.2 Å². The zero-order valence-electron chi connectivity index (χ0n) is 21.4. The maximum atomic E-state index is 12.9. The fourth-order valence-corrected chi connectivity index (χ4v) is 6.61. The van der Waals surface area contributed by atoms with Crippen LogP contribution in [0.1, 0.15) is 35.4 Å². The zero-order valence-corrected chi connectivity index (χ0v) is 23.8. The number of aldehydes is 1. The number of rotatable bonds is 6. The molecule has 2 heterocycles. The second-order valence-corrected chi connectivity index (χ2v) is 11.2. The number of allylic oxidation sites excluding steroid dienone is 1. The first-order valence-electron chi connectivity index (χ1n) is 11.8. The molecule has 196 valence electrons. The number of nitrogens with zero attached hydrogens (tertiary/aromatic N) is 3. The molecule has 1 aliphatic carbocycles. The Bertz CT molecular complexity index is 1060. The van der Waals surface area contributed by atoms with Crippen LogP contribution < -0.4 is 0 Å². The molecule has 7 nitrogen and oxygen atoms in total. The number of halogens is 1. The highest BCUT2D eigenvalue weighted by molar-refractivity contribution is 7.99. The first kappa shape index (κ1) is 30.1. The second kappa shape index (κ2) is 14.5. The van der Waals surface area contributed by atoms with E-state index in [1.807, 2.05) is 62.6 Å². The Balaban J connectivity index is 0.00000109. The molecule has 2 aromatic rings. The van der Waals surface area contributed by atoms with E-state index in [0.717, 1.165) is 35.2 Å². The van der Waals surface area contributed by atoms with E-state index in [1.165, 1.54) is 22.4 Å². The van der Waals surface area contributed by atoms with E-state index in [9.17, 15) is 9.59 Å². The van der Waals surface area contributed by atoms with Gasteiger partial charge in [-0.3, -0.25) is 10.2 Å². The minimum absolute atomic E-state index is 0.0334. The fourth-order valence-electron chi connectivity index (χ4n) is 3.76. The number of carbonyl (C=O) groups excluding carboxylic acids is 2. The highest BCUT2D eigenvalue weighted by Crippen LogP contribution is 2.37. The van der Waals surface area contributed by atoms with Gasteiger partial charge in [-0.25, -0.2) is 4.31 Å². The van der Waals surface area contributed by atoms with Crippen LogP contribution in [0.25, 0.3) is 6.08 Å². The molecule has 2 unspecified atom stereocenters. The number of amides is 1. The van der Waals surface area contributed by atoms with Crippen LogP contribution in [0.2, 0.25) is 0 Å². The van der Waals surface area contributed by atoms with Gasteiger partial charge in [-0.05, 0) is 29.1 Å². The van der Waals surface area contributed by atoms with Crippen molar-refractivity contribution in [2.75, 3.05) is 34.3 Å². The predicted octanol–water partition coefficient (Wildman–Crippen LogP) is 4.37. The molecule has 36 heavy (non-hydrogen) atoms. The van der Waals surface area contributed by atoms with E-state index in [2.05, 4.69) is 12.1 Å². The smallest absolute Gasteiger partial charge is 0.238 e. The predicted molar refractivity (Wildman–Crippen MR) is 151 cm³/mol. The molecule has 2 aliphatic rings. The number of piperazine rings is 1. The Morgan fingerprint density at radius 1 is 1.28 bits per heavy atom. The molecule has 1 aliphatic heterocycles. The van der Waals surface area contributed by atoms with E-state index in [4.69, 9.17) is 22.1 Å². The number of hydrogen-bond donors (Lipinski definition) is 2. The van der Waals surface area contributed by atoms with Gasteiger partial charge in [0.2, 0.25) is 5.91 Å². The highest BCUT2D eigenvalue weighted by atomic mass is 35.5. The molecule has 4 rings (SSSR count). The molecule has 1 saturated heterocycles. The monoisotopic (exact) mass is 550 g/mol. The Hall–Kier alpha value is -2.17. The second-order valence-electron chi connectivity index (χ2n) is 8.10. The van der Waals surface area contributed by atoms with Gasteiger partial charge in [-0.1, -0.05) is 50.3 Å². The molecule has 1 fully saturated rings. The van der Waals surface area contributed by atoms with Gasteiger partial charge >= 0.3 is 0 Å². The van der Waals surface area contributed by atoms with Crippen molar-refractivity contribution in [3.8, 4) is 0 Å². The van der Waals surface area contributed by atoms with Crippen molar-refractivity contribution < 1.29 is 14.7 Å². The number of thiophene rings is 1. The summed E-state index contributed by atoms with van der Waals surface area (Å²) in [5.41, 5.74) is 2.94. The zero-order chi connectivity index (χ0) is 26.8. The molecule has 0 spiro atoms. The lowest BCUT2D eigenvalue weighted by Crippen LogP contribution is -2.54. The molecule has 0 radical (unpaired) electrons. The largest absolute Gasteiger partial charge is 0.400 e. The number of fused-ring (bicyclic) bond motifs is 1. The Morgan fingerprint density at radius 2 is 1.94 bits per heavy atom. The van der Waals surface area contributed by atoms with Crippen LogP contribution in [-0.2, 0) is 22.6 Å². The van der Waals surface area contributed by atoms with Gasteiger partial charge in [-0.2, -0.15) is 0 Å². The summed E-state index contributed by atoms with van der Waals surface area (Å²) in [7, 11) is 4.66. The van der Waals surface area contributed by atoms with Crippen LogP contribution in [-0.4, -0.2) is 83.0 Å².